The van der Waals surface area contributed by atoms with E-state index in [1.165, 1.54) is 18.5 Å². The fourth-order valence-electron chi connectivity index (χ4n) is 4.56. The van der Waals surface area contributed by atoms with Crippen molar-refractivity contribution in [3.63, 3.8) is 0 Å². The molecule has 1 fully saturated rings. The van der Waals surface area contributed by atoms with E-state index in [4.69, 9.17) is 10.5 Å². The molecule has 0 bridgehead atoms. The Balaban J connectivity index is 1.46. The van der Waals surface area contributed by atoms with Gasteiger partial charge in [-0.1, -0.05) is 6.08 Å². The largest absolute Gasteiger partial charge is 0.451 e. The average Bonchev–Trinajstić information content (AvgIpc) is 3.56. The molecule has 2 aromatic heterocycles. The fraction of sp³-hybridized carbons (Fsp3) is 0.259. The van der Waals surface area contributed by atoms with Crippen molar-refractivity contribution in [2.45, 2.75) is 12.5 Å². The van der Waals surface area contributed by atoms with E-state index in [0.29, 0.717) is 31.7 Å². The van der Waals surface area contributed by atoms with Gasteiger partial charge in [-0.25, -0.2) is 27.8 Å². The molecule has 0 radical (unpaired) electrons. The predicted octanol–water partition coefficient (Wildman–Crippen LogP) is 4.45. The lowest BCUT2D eigenvalue weighted by molar-refractivity contribution is -0.125. The number of likely N-dealkylation sites (N-methyl/N-ethyl adjacent to an activating group) is 1. The first-order valence-electron chi connectivity index (χ1n) is 12.4. The van der Waals surface area contributed by atoms with Crippen LogP contribution in [0.3, 0.4) is 0 Å². The first-order chi connectivity index (χ1) is 19.5. The number of halogens is 5. The maximum Gasteiger partial charge on any atom is 0.246 e. The highest BCUT2D eigenvalue weighted by Gasteiger charge is 2.31. The van der Waals surface area contributed by atoms with Crippen molar-refractivity contribution in [3.8, 4) is 22.8 Å². The number of nitrogens with zero attached hydrogens (tertiary/aromatic N) is 6. The van der Waals surface area contributed by atoms with E-state index in [2.05, 4.69) is 15.1 Å². The van der Waals surface area contributed by atoms with Crippen molar-refractivity contribution in [3.05, 3.63) is 71.8 Å². The molecule has 0 saturated carbocycles. The molecule has 4 aromatic rings. The van der Waals surface area contributed by atoms with Crippen LogP contribution in [0.4, 0.5) is 27.8 Å². The zero-order valence-electron chi connectivity index (χ0n) is 21.9. The predicted molar refractivity (Wildman–Crippen MR) is 139 cm³/mol. The second-order valence-corrected chi connectivity index (χ2v) is 9.68. The van der Waals surface area contributed by atoms with Crippen molar-refractivity contribution in [1.29, 1.82) is 0 Å². The summed E-state index contributed by atoms with van der Waals surface area (Å²) in [4.78, 5) is 24.5. The maximum absolute atomic E-state index is 15.4. The highest BCUT2D eigenvalue weighted by atomic mass is 19.2. The van der Waals surface area contributed by atoms with Crippen molar-refractivity contribution in [2.24, 2.45) is 0 Å². The SMILES string of the molecule is CN(C)C/C=C/C(=O)N1CC[C@@H](n2nc(-c3ccc(Oc4c(F)c(F)cc(F)c4F)cc3F)c3c(N)ncnc32)C1. The molecule has 0 spiro atoms. The summed E-state index contributed by atoms with van der Waals surface area (Å²) in [7, 11) is 3.78. The zero-order chi connectivity index (χ0) is 29.4. The lowest BCUT2D eigenvalue weighted by atomic mass is 10.1. The van der Waals surface area contributed by atoms with E-state index in [1.807, 2.05) is 19.0 Å². The second-order valence-electron chi connectivity index (χ2n) is 9.68. The molecule has 1 aliphatic rings. The van der Waals surface area contributed by atoms with Gasteiger partial charge in [-0.05, 0) is 32.6 Å². The van der Waals surface area contributed by atoms with E-state index in [0.717, 1.165) is 12.1 Å². The van der Waals surface area contributed by atoms with Gasteiger partial charge in [0.1, 0.15) is 29.4 Å². The Hall–Kier alpha value is -4.59. The number of nitrogens with two attached hydrogens (primary N) is 1. The Labute approximate surface area is 230 Å². The van der Waals surface area contributed by atoms with Crippen molar-refractivity contribution in [2.75, 3.05) is 39.5 Å². The van der Waals surface area contributed by atoms with Gasteiger partial charge in [-0.15, -0.1) is 0 Å². The number of anilines is 1. The van der Waals surface area contributed by atoms with Crippen LogP contribution in [0.25, 0.3) is 22.3 Å². The summed E-state index contributed by atoms with van der Waals surface area (Å²) in [5.74, 6) is -9.67. The lowest BCUT2D eigenvalue weighted by Gasteiger charge is -2.15. The molecule has 3 heterocycles. The number of hydrogen-bond donors (Lipinski definition) is 1. The minimum Gasteiger partial charge on any atom is -0.451 e. The highest BCUT2D eigenvalue weighted by molar-refractivity contribution is 5.98. The van der Waals surface area contributed by atoms with Crippen molar-refractivity contribution >= 4 is 22.8 Å². The van der Waals surface area contributed by atoms with Gasteiger partial charge in [-0.3, -0.25) is 4.79 Å². The number of carbonyl (C=O) groups excluding carboxylic acids is 1. The van der Waals surface area contributed by atoms with Crippen LogP contribution in [0, 0.1) is 29.1 Å². The molecular formula is C27H24F5N7O2. The van der Waals surface area contributed by atoms with Gasteiger partial charge < -0.3 is 20.3 Å². The monoisotopic (exact) mass is 573 g/mol. The number of aromatic nitrogens is 4. The first-order valence-corrected chi connectivity index (χ1v) is 12.4. The topological polar surface area (TPSA) is 102 Å². The number of likely N-dealkylation sites (tertiary alicyclic amines) is 1. The van der Waals surface area contributed by atoms with Gasteiger partial charge in [0.15, 0.2) is 17.3 Å². The third kappa shape index (κ3) is 5.42. The number of ether oxygens (including phenoxy) is 1. The molecule has 1 aliphatic heterocycles. The summed E-state index contributed by atoms with van der Waals surface area (Å²) in [5, 5.41) is 4.84. The number of benzene rings is 2. The van der Waals surface area contributed by atoms with Crippen LogP contribution in [0.15, 0.2) is 42.7 Å². The summed E-state index contributed by atoms with van der Waals surface area (Å²) in [5.41, 5.74) is 6.48. The highest BCUT2D eigenvalue weighted by Crippen LogP contribution is 2.37. The standard InChI is InChI=1S/C27H24F5N7O2/c1-37(2)8-3-4-20(40)38-9-7-14(12-38)39-27-21(26(33)34-13-35-27)24(36-39)16-6-5-15(10-17(16)28)41-25-22(31)18(29)11-19(30)23(25)32/h3-6,10-11,13-14H,7-9,12H2,1-2H3,(H2,33,34,35)/b4-3+/t14-/m1/s1. The summed E-state index contributed by atoms with van der Waals surface area (Å²) in [6.07, 6.45) is 5.10. The quantitative estimate of drug-likeness (QED) is 0.198. The molecule has 41 heavy (non-hydrogen) atoms. The van der Waals surface area contributed by atoms with Crippen LogP contribution in [-0.4, -0.2) is 69.2 Å². The first kappa shape index (κ1) is 28.0. The third-order valence-corrected chi connectivity index (χ3v) is 6.56. The van der Waals surface area contributed by atoms with Crippen LogP contribution in [-0.2, 0) is 4.79 Å². The summed E-state index contributed by atoms with van der Waals surface area (Å²) in [6.45, 7) is 1.42. The average molecular weight is 574 g/mol. The number of nitrogen functional groups attached to an aromatic ring is 1. The zero-order valence-corrected chi connectivity index (χ0v) is 21.9. The second kappa shape index (κ2) is 11.1. The lowest BCUT2D eigenvalue weighted by Crippen LogP contribution is -2.28. The molecule has 0 aliphatic carbocycles. The molecule has 1 saturated heterocycles. The van der Waals surface area contributed by atoms with E-state index < -0.39 is 40.6 Å². The molecule has 5 rings (SSSR count). The molecule has 1 atom stereocenters. The third-order valence-electron chi connectivity index (χ3n) is 6.56. The number of fused-ring (bicyclic) bond motifs is 1. The normalized spacial score (nSPS) is 15.5. The number of carbonyl (C=O) groups is 1. The van der Waals surface area contributed by atoms with E-state index >= 15 is 4.39 Å². The van der Waals surface area contributed by atoms with E-state index in [-0.39, 0.29) is 40.5 Å². The Morgan fingerprint density at radius 3 is 2.51 bits per heavy atom. The Morgan fingerprint density at radius 1 is 1.10 bits per heavy atom. The molecule has 9 nitrogen and oxygen atoms in total. The van der Waals surface area contributed by atoms with Gasteiger partial charge in [0.2, 0.25) is 23.3 Å². The minimum absolute atomic E-state index is 0.0351. The van der Waals surface area contributed by atoms with E-state index in [9.17, 15) is 22.4 Å². The van der Waals surface area contributed by atoms with Gasteiger partial charge in [0.25, 0.3) is 0 Å². The minimum atomic E-state index is -1.76. The Bertz CT molecular complexity index is 1650. The number of hydrogen-bond acceptors (Lipinski definition) is 7. The molecule has 0 unspecified atom stereocenters. The molecule has 2 N–H and O–H groups in total. The summed E-state index contributed by atoms with van der Waals surface area (Å²) >= 11 is 0. The summed E-state index contributed by atoms with van der Waals surface area (Å²) in [6, 6.07) is 2.91. The van der Waals surface area contributed by atoms with E-state index in [1.54, 1.807) is 15.7 Å². The van der Waals surface area contributed by atoms with Crippen LogP contribution in [0.2, 0.25) is 0 Å². The van der Waals surface area contributed by atoms with Gasteiger partial charge in [0.05, 0.1) is 11.4 Å². The molecule has 14 heteroatoms. The molecule has 1 amide bonds. The van der Waals surface area contributed by atoms with Crippen molar-refractivity contribution in [1.82, 2.24) is 29.5 Å². The van der Waals surface area contributed by atoms with Crippen molar-refractivity contribution < 1.29 is 31.5 Å². The molecule has 2 aromatic carbocycles. The number of rotatable bonds is 7. The molecular weight excluding hydrogens is 549 g/mol. The number of amides is 1. The van der Waals surface area contributed by atoms with Gasteiger partial charge >= 0.3 is 0 Å². The van der Waals surface area contributed by atoms with Gasteiger partial charge in [0, 0.05) is 43.4 Å². The fourth-order valence-corrected chi connectivity index (χ4v) is 4.56. The molecule has 214 valence electrons. The van der Waals surface area contributed by atoms with Crippen LogP contribution < -0.4 is 10.5 Å². The smallest absolute Gasteiger partial charge is 0.246 e. The Morgan fingerprint density at radius 2 is 1.83 bits per heavy atom. The Kier molecular flexibility index (Phi) is 7.58. The van der Waals surface area contributed by atoms with Crippen LogP contribution in [0.1, 0.15) is 12.5 Å². The maximum atomic E-state index is 15.4. The summed E-state index contributed by atoms with van der Waals surface area (Å²) < 4.78 is 77.1. The van der Waals surface area contributed by atoms with Crippen LogP contribution >= 0.6 is 0 Å². The van der Waals surface area contributed by atoms with Gasteiger partial charge in [-0.2, -0.15) is 13.9 Å². The van der Waals surface area contributed by atoms with Crippen LogP contribution in [0.5, 0.6) is 11.5 Å².